The number of nitrogens with one attached hydrogen (secondary N) is 1. The van der Waals surface area contributed by atoms with Gasteiger partial charge in [-0.2, -0.15) is 0 Å². The molecular weight excluding hydrogens is 200 g/mol. The number of nitrogens with zero attached hydrogens (tertiary/aromatic N) is 2. The Morgan fingerprint density at radius 1 is 1.62 bits per heavy atom. The number of carbonyl (C=O) groups is 1. The average Bonchev–Trinajstić information content (AvgIpc) is 2.47. The van der Waals surface area contributed by atoms with Crippen LogP contribution in [0.15, 0.2) is 0 Å². The van der Waals surface area contributed by atoms with Gasteiger partial charge in [0.15, 0.2) is 0 Å². The van der Waals surface area contributed by atoms with Crippen LogP contribution < -0.4 is 5.32 Å². The summed E-state index contributed by atoms with van der Waals surface area (Å²) in [5.41, 5.74) is 0. The van der Waals surface area contributed by atoms with Crippen LogP contribution in [0.2, 0.25) is 0 Å². The second kappa shape index (κ2) is 4.22. The van der Waals surface area contributed by atoms with Crippen molar-refractivity contribution in [1.82, 2.24) is 15.5 Å². The highest BCUT2D eigenvalue weighted by Crippen LogP contribution is 2.07. The van der Waals surface area contributed by atoms with Gasteiger partial charge in [0.1, 0.15) is 5.01 Å². The lowest BCUT2D eigenvalue weighted by Gasteiger charge is -1.99. The Bertz CT molecular complexity index is 302. The molecule has 0 aromatic carbocycles. The summed E-state index contributed by atoms with van der Waals surface area (Å²) in [5.74, 6) is -0.606. The largest absolute Gasteiger partial charge is 0.344 e. The Kier molecular flexibility index (Phi) is 3.24. The Balaban J connectivity index is 2.49. The Labute approximate surface area is 77.0 Å². The molecule has 0 aliphatic carbocycles. The monoisotopic (exact) mass is 207 g/mol. The standard InChI is InChI=1S/C6H7F2N3OS/c1-3-10-11-6(13-3)5(12)9-2-4(7)8/h4H,2H2,1H3,(H,9,12). The van der Waals surface area contributed by atoms with Crippen LogP contribution >= 0.6 is 11.3 Å². The normalized spacial score (nSPS) is 10.5. The third kappa shape index (κ3) is 3.02. The smallest absolute Gasteiger partial charge is 0.282 e. The fourth-order valence-corrected chi connectivity index (χ4v) is 1.24. The zero-order chi connectivity index (χ0) is 9.84. The molecule has 0 unspecified atom stereocenters. The summed E-state index contributed by atoms with van der Waals surface area (Å²) in [6.45, 7) is 1.03. The van der Waals surface area contributed by atoms with Gasteiger partial charge in [0.25, 0.3) is 12.3 Å². The van der Waals surface area contributed by atoms with Crippen molar-refractivity contribution in [2.24, 2.45) is 0 Å². The lowest BCUT2D eigenvalue weighted by molar-refractivity contribution is 0.0890. The molecule has 0 fully saturated rings. The lowest BCUT2D eigenvalue weighted by atomic mass is 10.6. The predicted octanol–water partition coefficient (Wildman–Crippen LogP) is 0.841. The molecule has 0 aliphatic rings. The minimum absolute atomic E-state index is 0.109. The highest BCUT2D eigenvalue weighted by Gasteiger charge is 2.12. The highest BCUT2D eigenvalue weighted by atomic mass is 32.1. The molecule has 1 amide bonds. The molecule has 1 aromatic heterocycles. The van der Waals surface area contributed by atoms with E-state index in [1.807, 2.05) is 5.32 Å². The van der Waals surface area contributed by atoms with E-state index < -0.39 is 18.9 Å². The molecule has 1 aromatic rings. The van der Waals surface area contributed by atoms with Crippen molar-refractivity contribution >= 4 is 17.2 Å². The summed E-state index contributed by atoms with van der Waals surface area (Å²) in [4.78, 5) is 11.0. The molecule has 0 aliphatic heterocycles. The molecule has 72 valence electrons. The molecule has 0 saturated heterocycles. The maximum absolute atomic E-state index is 11.7. The van der Waals surface area contributed by atoms with Gasteiger partial charge in [-0.25, -0.2) is 8.78 Å². The van der Waals surface area contributed by atoms with Crippen LogP contribution in [-0.2, 0) is 0 Å². The van der Waals surface area contributed by atoms with Crippen molar-refractivity contribution in [3.05, 3.63) is 10.0 Å². The van der Waals surface area contributed by atoms with Gasteiger partial charge in [-0.15, -0.1) is 10.2 Å². The summed E-state index contributed by atoms with van der Waals surface area (Å²) in [7, 11) is 0. The number of hydrogen-bond acceptors (Lipinski definition) is 4. The Morgan fingerprint density at radius 3 is 2.77 bits per heavy atom. The van der Waals surface area contributed by atoms with E-state index in [1.54, 1.807) is 6.92 Å². The minimum atomic E-state index is -2.54. The molecule has 0 atom stereocenters. The molecule has 1 heterocycles. The quantitative estimate of drug-likeness (QED) is 0.799. The first-order valence-electron chi connectivity index (χ1n) is 3.46. The maximum atomic E-state index is 11.7. The van der Waals surface area contributed by atoms with E-state index in [1.165, 1.54) is 0 Å². The van der Waals surface area contributed by atoms with Crippen LogP contribution in [0.5, 0.6) is 0 Å². The molecule has 13 heavy (non-hydrogen) atoms. The zero-order valence-electron chi connectivity index (χ0n) is 6.75. The van der Waals surface area contributed by atoms with E-state index in [0.29, 0.717) is 5.01 Å². The van der Waals surface area contributed by atoms with E-state index in [-0.39, 0.29) is 5.01 Å². The molecule has 4 nitrogen and oxygen atoms in total. The van der Waals surface area contributed by atoms with Gasteiger partial charge in [-0.05, 0) is 6.92 Å². The third-order valence-electron chi connectivity index (χ3n) is 1.14. The Morgan fingerprint density at radius 2 is 2.31 bits per heavy atom. The van der Waals surface area contributed by atoms with Crippen LogP contribution in [0.1, 0.15) is 14.8 Å². The molecule has 0 bridgehead atoms. The number of hydrogen-bond donors (Lipinski definition) is 1. The van der Waals surface area contributed by atoms with Gasteiger partial charge in [0.2, 0.25) is 5.01 Å². The van der Waals surface area contributed by atoms with Crippen molar-refractivity contribution in [1.29, 1.82) is 0 Å². The van der Waals surface area contributed by atoms with Gasteiger partial charge >= 0.3 is 0 Å². The van der Waals surface area contributed by atoms with E-state index in [9.17, 15) is 13.6 Å². The van der Waals surface area contributed by atoms with Crippen molar-refractivity contribution in [3.63, 3.8) is 0 Å². The third-order valence-corrected chi connectivity index (χ3v) is 1.97. The second-order valence-electron chi connectivity index (χ2n) is 2.23. The lowest BCUT2D eigenvalue weighted by Crippen LogP contribution is -2.28. The first-order valence-corrected chi connectivity index (χ1v) is 4.27. The molecule has 0 radical (unpaired) electrons. The summed E-state index contributed by atoms with van der Waals surface area (Å²) in [6.07, 6.45) is -2.54. The van der Waals surface area contributed by atoms with Crippen LogP contribution in [-0.4, -0.2) is 29.1 Å². The molecular formula is C6H7F2N3OS. The van der Waals surface area contributed by atoms with Gasteiger partial charge in [0.05, 0.1) is 6.54 Å². The van der Waals surface area contributed by atoms with Crippen molar-refractivity contribution in [2.75, 3.05) is 6.54 Å². The van der Waals surface area contributed by atoms with Crippen LogP contribution in [0.4, 0.5) is 8.78 Å². The summed E-state index contributed by atoms with van der Waals surface area (Å²) in [5, 5.41) is 9.86. The summed E-state index contributed by atoms with van der Waals surface area (Å²) >= 11 is 1.07. The van der Waals surface area contributed by atoms with E-state index in [0.717, 1.165) is 11.3 Å². The number of carbonyl (C=O) groups excluding carboxylic acids is 1. The molecule has 0 saturated carbocycles. The summed E-state index contributed by atoms with van der Waals surface area (Å²) < 4.78 is 23.3. The van der Waals surface area contributed by atoms with Crippen molar-refractivity contribution in [3.8, 4) is 0 Å². The zero-order valence-corrected chi connectivity index (χ0v) is 7.57. The number of rotatable bonds is 3. The number of alkyl halides is 2. The topological polar surface area (TPSA) is 54.9 Å². The first kappa shape index (κ1) is 9.97. The average molecular weight is 207 g/mol. The fraction of sp³-hybridized carbons (Fsp3) is 0.500. The van der Waals surface area contributed by atoms with E-state index >= 15 is 0 Å². The van der Waals surface area contributed by atoms with Gasteiger partial charge in [-0.1, -0.05) is 11.3 Å². The maximum Gasteiger partial charge on any atom is 0.282 e. The van der Waals surface area contributed by atoms with Crippen LogP contribution in [0.25, 0.3) is 0 Å². The predicted molar refractivity (Wildman–Crippen MR) is 43.0 cm³/mol. The number of aromatic nitrogens is 2. The molecule has 1 N–H and O–H groups in total. The molecule has 7 heteroatoms. The molecule has 1 rings (SSSR count). The first-order chi connectivity index (χ1) is 6.09. The number of amides is 1. The number of aryl methyl sites for hydroxylation is 1. The fourth-order valence-electron chi connectivity index (χ4n) is 0.634. The van der Waals surface area contributed by atoms with Gasteiger partial charge < -0.3 is 5.32 Å². The summed E-state index contributed by atoms with van der Waals surface area (Å²) in [6, 6.07) is 0. The minimum Gasteiger partial charge on any atom is -0.344 e. The molecule has 0 spiro atoms. The Hall–Kier alpha value is -1.11. The van der Waals surface area contributed by atoms with Crippen LogP contribution in [0, 0.1) is 6.92 Å². The van der Waals surface area contributed by atoms with E-state index in [4.69, 9.17) is 0 Å². The van der Waals surface area contributed by atoms with E-state index in [2.05, 4.69) is 10.2 Å². The number of halogens is 2. The van der Waals surface area contributed by atoms with Gasteiger partial charge in [-0.3, -0.25) is 4.79 Å². The van der Waals surface area contributed by atoms with Crippen molar-refractivity contribution in [2.45, 2.75) is 13.3 Å². The highest BCUT2D eigenvalue weighted by molar-refractivity contribution is 7.13. The second-order valence-corrected chi connectivity index (χ2v) is 3.41. The van der Waals surface area contributed by atoms with Gasteiger partial charge in [0, 0.05) is 0 Å². The van der Waals surface area contributed by atoms with Crippen LogP contribution in [0.3, 0.4) is 0 Å². The SMILES string of the molecule is Cc1nnc(C(=O)NCC(F)F)s1. The van der Waals surface area contributed by atoms with Crippen molar-refractivity contribution < 1.29 is 13.6 Å².